The summed E-state index contributed by atoms with van der Waals surface area (Å²) in [4.78, 5) is 0. The van der Waals surface area contributed by atoms with E-state index in [0.717, 1.165) is 0 Å². The van der Waals surface area contributed by atoms with Gasteiger partial charge >= 0.3 is 0 Å². The van der Waals surface area contributed by atoms with Crippen LogP contribution in [-0.4, -0.2) is 8.07 Å². The summed E-state index contributed by atoms with van der Waals surface area (Å²) in [5, 5.41) is 7.21. The molecule has 0 heterocycles. The first kappa shape index (κ1) is 11.5. The van der Waals surface area contributed by atoms with E-state index < -0.39 is 8.07 Å². The van der Waals surface area contributed by atoms with Gasteiger partial charge in [-0.05, 0) is 32.8 Å². The highest BCUT2D eigenvalue weighted by Gasteiger charge is 2.21. The van der Waals surface area contributed by atoms with Crippen molar-refractivity contribution >= 4 is 34.8 Å². The molecule has 0 saturated heterocycles. The third-order valence-corrected chi connectivity index (χ3v) is 5.56. The molecule has 0 bridgehead atoms. The molecule has 0 radical (unpaired) electrons. The number of hydrogen-bond donors (Lipinski definition) is 0. The lowest BCUT2D eigenvalue weighted by atomic mass is 10.0. The maximum absolute atomic E-state index is 2.43. The molecule has 0 aromatic heterocycles. The average molecular weight is 250 g/mol. The van der Waals surface area contributed by atoms with E-state index >= 15 is 0 Å². The lowest BCUT2D eigenvalue weighted by Crippen LogP contribution is -2.38. The van der Waals surface area contributed by atoms with Crippen molar-refractivity contribution in [3.63, 3.8) is 0 Å². The molecule has 18 heavy (non-hydrogen) atoms. The second kappa shape index (κ2) is 3.96. The smallest absolute Gasteiger partial charge is 0.0656 e. The van der Waals surface area contributed by atoms with Gasteiger partial charge in [0.1, 0.15) is 0 Å². The van der Waals surface area contributed by atoms with Crippen LogP contribution in [0.1, 0.15) is 0 Å². The Balaban J connectivity index is 2.58. The van der Waals surface area contributed by atoms with Gasteiger partial charge in [-0.15, -0.1) is 0 Å². The molecule has 0 spiro atoms. The number of fused-ring (bicyclic) bond motifs is 2. The van der Waals surface area contributed by atoms with Crippen molar-refractivity contribution in [1.82, 2.24) is 0 Å². The summed E-state index contributed by atoms with van der Waals surface area (Å²) in [6.45, 7) is 7.30. The quantitative estimate of drug-likeness (QED) is 0.439. The van der Waals surface area contributed by atoms with Crippen LogP contribution in [0.2, 0.25) is 19.6 Å². The molecule has 0 nitrogen and oxygen atoms in total. The second-order valence-corrected chi connectivity index (χ2v) is 10.9. The molecule has 0 saturated carbocycles. The Morgan fingerprint density at radius 1 is 0.667 bits per heavy atom. The predicted octanol–water partition coefficient (Wildman–Crippen LogP) is 4.54. The standard InChI is InChI=1S/C17H18Si/c1-18(2,3)17-15-10-6-4-8-13(15)12-14-9-5-7-11-16(14)17/h4-12H,1-3H3. The maximum Gasteiger partial charge on any atom is 0.0792 e. The Labute approximate surface area is 109 Å². The number of hydrogen-bond acceptors (Lipinski definition) is 0. The zero-order chi connectivity index (χ0) is 12.8. The third kappa shape index (κ3) is 1.75. The fourth-order valence-electron chi connectivity index (χ4n) is 2.82. The SMILES string of the molecule is C[Si](C)(C)c1c2ccccc2cc2ccccc12. The lowest BCUT2D eigenvalue weighted by molar-refractivity contribution is 1.73. The molecule has 0 aliphatic rings. The minimum Gasteiger partial charge on any atom is -0.0656 e. The van der Waals surface area contributed by atoms with Gasteiger partial charge in [-0.2, -0.15) is 0 Å². The highest BCUT2D eigenvalue weighted by Crippen LogP contribution is 2.24. The van der Waals surface area contributed by atoms with Crippen LogP contribution in [0.15, 0.2) is 54.6 Å². The molecular weight excluding hydrogens is 232 g/mol. The van der Waals surface area contributed by atoms with Crippen LogP contribution in [-0.2, 0) is 0 Å². The Bertz CT molecular complexity index is 666. The van der Waals surface area contributed by atoms with Crippen LogP contribution >= 0.6 is 0 Å². The van der Waals surface area contributed by atoms with E-state index in [4.69, 9.17) is 0 Å². The van der Waals surface area contributed by atoms with E-state index in [2.05, 4.69) is 74.2 Å². The molecule has 0 aliphatic heterocycles. The van der Waals surface area contributed by atoms with Crippen molar-refractivity contribution < 1.29 is 0 Å². The molecule has 3 aromatic carbocycles. The molecule has 0 aliphatic carbocycles. The molecule has 3 aromatic rings. The van der Waals surface area contributed by atoms with Crippen LogP contribution in [0.3, 0.4) is 0 Å². The van der Waals surface area contributed by atoms with Gasteiger partial charge in [0.25, 0.3) is 0 Å². The molecule has 90 valence electrons. The highest BCUT2D eigenvalue weighted by molar-refractivity contribution is 6.92. The van der Waals surface area contributed by atoms with E-state index in [1.54, 1.807) is 5.19 Å². The number of rotatable bonds is 1. The second-order valence-electron chi connectivity index (χ2n) is 5.94. The van der Waals surface area contributed by atoms with E-state index in [-0.39, 0.29) is 0 Å². The minimum absolute atomic E-state index is 1.36. The summed E-state index contributed by atoms with van der Waals surface area (Å²) in [5.74, 6) is 0. The Hall–Kier alpha value is -1.60. The normalized spacial score (nSPS) is 12.2. The van der Waals surface area contributed by atoms with Gasteiger partial charge in [0.05, 0.1) is 8.07 Å². The van der Waals surface area contributed by atoms with Crippen LogP contribution in [0.25, 0.3) is 21.5 Å². The van der Waals surface area contributed by atoms with Crippen LogP contribution in [0.4, 0.5) is 0 Å². The monoisotopic (exact) mass is 250 g/mol. The molecule has 3 rings (SSSR count). The van der Waals surface area contributed by atoms with Crippen LogP contribution in [0.5, 0.6) is 0 Å². The topological polar surface area (TPSA) is 0 Å². The Kier molecular flexibility index (Phi) is 2.53. The first-order chi connectivity index (χ1) is 8.57. The molecule has 0 atom stereocenters. The Morgan fingerprint density at radius 2 is 1.11 bits per heavy atom. The minimum atomic E-state index is -1.36. The Morgan fingerprint density at radius 3 is 1.56 bits per heavy atom. The molecular formula is C17H18Si. The molecule has 0 unspecified atom stereocenters. The first-order valence-electron chi connectivity index (χ1n) is 6.48. The first-order valence-corrected chi connectivity index (χ1v) is 9.98. The lowest BCUT2D eigenvalue weighted by Gasteiger charge is -2.22. The van der Waals surface area contributed by atoms with Crippen molar-refractivity contribution in [3.8, 4) is 0 Å². The van der Waals surface area contributed by atoms with E-state index in [9.17, 15) is 0 Å². The molecule has 1 heteroatoms. The summed E-state index contributed by atoms with van der Waals surface area (Å²) in [6, 6.07) is 19.9. The molecule has 0 N–H and O–H groups in total. The van der Waals surface area contributed by atoms with E-state index in [0.29, 0.717) is 0 Å². The van der Waals surface area contributed by atoms with Crippen LogP contribution < -0.4 is 5.19 Å². The fourth-order valence-corrected chi connectivity index (χ4v) is 4.89. The van der Waals surface area contributed by atoms with E-state index in [1.807, 2.05) is 0 Å². The number of benzene rings is 3. The van der Waals surface area contributed by atoms with Crippen LogP contribution in [0, 0.1) is 0 Å². The van der Waals surface area contributed by atoms with Gasteiger partial charge in [0.15, 0.2) is 0 Å². The fraction of sp³-hybridized carbons (Fsp3) is 0.176. The molecule has 0 amide bonds. The summed E-state index contributed by atoms with van der Waals surface area (Å²) in [6.07, 6.45) is 0. The summed E-state index contributed by atoms with van der Waals surface area (Å²) < 4.78 is 0. The van der Waals surface area contributed by atoms with Gasteiger partial charge in [-0.1, -0.05) is 68.2 Å². The van der Waals surface area contributed by atoms with Crippen molar-refractivity contribution in [2.75, 3.05) is 0 Å². The van der Waals surface area contributed by atoms with Gasteiger partial charge in [0, 0.05) is 0 Å². The van der Waals surface area contributed by atoms with Gasteiger partial charge in [-0.3, -0.25) is 0 Å². The van der Waals surface area contributed by atoms with E-state index in [1.165, 1.54) is 21.5 Å². The van der Waals surface area contributed by atoms with Crippen molar-refractivity contribution in [2.45, 2.75) is 19.6 Å². The summed E-state index contributed by atoms with van der Waals surface area (Å²) in [7, 11) is -1.36. The van der Waals surface area contributed by atoms with Gasteiger partial charge < -0.3 is 0 Å². The summed E-state index contributed by atoms with van der Waals surface area (Å²) in [5.41, 5.74) is 0. The highest BCUT2D eigenvalue weighted by atomic mass is 28.3. The summed E-state index contributed by atoms with van der Waals surface area (Å²) >= 11 is 0. The average Bonchev–Trinajstić information content (AvgIpc) is 2.34. The zero-order valence-corrected chi connectivity index (χ0v) is 12.2. The predicted molar refractivity (Wildman–Crippen MR) is 84.4 cm³/mol. The van der Waals surface area contributed by atoms with Crippen molar-refractivity contribution in [1.29, 1.82) is 0 Å². The molecule has 0 fully saturated rings. The zero-order valence-electron chi connectivity index (χ0n) is 11.2. The van der Waals surface area contributed by atoms with Crippen molar-refractivity contribution in [2.24, 2.45) is 0 Å². The maximum atomic E-state index is 2.43. The van der Waals surface area contributed by atoms with Crippen molar-refractivity contribution in [3.05, 3.63) is 54.6 Å². The largest absolute Gasteiger partial charge is 0.0792 e. The van der Waals surface area contributed by atoms with Gasteiger partial charge in [-0.25, -0.2) is 0 Å². The van der Waals surface area contributed by atoms with Gasteiger partial charge in [0.2, 0.25) is 0 Å². The third-order valence-electron chi connectivity index (χ3n) is 3.52.